The molecule has 0 saturated heterocycles. The fraction of sp³-hybridized carbons (Fsp3) is 1.00. The number of rotatable bonds is 16. The Balaban J connectivity index is 0. The average Bonchev–Trinajstić information content (AvgIpc) is 2.53. The van der Waals surface area contributed by atoms with E-state index in [2.05, 4.69) is 19.6 Å². The van der Waals surface area contributed by atoms with Crippen molar-refractivity contribution in [3.8, 4) is 0 Å². The Bertz CT molecular complexity index is 135. The van der Waals surface area contributed by atoms with Gasteiger partial charge in [0.2, 0.25) is 0 Å². The van der Waals surface area contributed by atoms with Crippen molar-refractivity contribution in [1.82, 2.24) is 0 Å². The lowest BCUT2D eigenvalue weighted by Crippen LogP contribution is -1.83. The number of hydrogen-bond donors (Lipinski definition) is 2. The second-order valence-electron chi connectivity index (χ2n) is 6.03. The minimum atomic E-state index is 1.00. The summed E-state index contributed by atoms with van der Waals surface area (Å²) in [6, 6.07) is 0. The molecule has 0 unspecified atom stereocenters. The van der Waals surface area contributed by atoms with E-state index in [1.807, 2.05) is 0 Å². The van der Waals surface area contributed by atoms with E-state index in [9.17, 15) is 0 Å². The molecule has 21 heavy (non-hydrogen) atoms. The summed E-state index contributed by atoms with van der Waals surface area (Å²) < 4.78 is 0. The maximum absolute atomic E-state index is 7.00. The van der Waals surface area contributed by atoms with Crippen LogP contribution < -0.4 is 0 Å². The molecule has 130 valence electrons. The maximum Gasteiger partial charge on any atom is 0.0319 e. The van der Waals surface area contributed by atoms with Crippen LogP contribution in [0.4, 0.5) is 0 Å². The molecule has 0 atom stereocenters. The summed E-state index contributed by atoms with van der Waals surface area (Å²) >= 11 is 4.24. The van der Waals surface area contributed by atoms with Gasteiger partial charge in [0.05, 0.1) is 0 Å². The highest BCUT2D eigenvalue weighted by atomic mass is 32.1. The predicted octanol–water partition coefficient (Wildman–Crippen LogP) is 6.79. The Morgan fingerprint density at radius 1 is 0.476 bits per heavy atom. The molecule has 0 aliphatic rings. The summed E-state index contributed by atoms with van der Waals surface area (Å²) in [7, 11) is 1.00. The first-order valence-corrected chi connectivity index (χ1v) is 10.1. The molecule has 0 aromatic heterocycles. The van der Waals surface area contributed by atoms with E-state index in [4.69, 9.17) is 5.11 Å². The minimum absolute atomic E-state index is 1.00. The SMILES string of the molecule is CCCCCCCCCCCCCCCCCCS.CO. The van der Waals surface area contributed by atoms with Crippen LogP contribution in [0.15, 0.2) is 0 Å². The quantitative estimate of drug-likeness (QED) is 0.237. The fourth-order valence-electron chi connectivity index (χ4n) is 2.66. The molecule has 0 spiro atoms. The molecule has 0 rings (SSSR count). The highest BCUT2D eigenvalue weighted by Gasteiger charge is 1.94. The van der Waals surface area contributed by atoms with Gasteiger partial charge >= 0.3 is 0 Å². The highest BCUT2D eigenvalue weighted by molar-refractivity contribution is 7.80. The largest absolute Gasteiger partial charge is 0.400 e. The third kappa shape index (κ3) is 25.6. The van der Waals surface area contributed by atoms with E-state index in [0.717, 1.165) is 12.9 Å². The van der Waals surface area contributed by atoms with E-state index < -0.39 is 0 Å². The van der Waals surface area contributed by atoms with Gasteiger partial charge in [0.15, 0.2) is 0 Å². The third-order valence-corrected chi connectivity index (χ3v) is 4.33. The highest BCUT2D eigenvalue weighted by Crippen LogP contribution is 2.13. The molecule has 0 saturated carbocycles. The van der Waals surface area contributed by atoms with E-state index >= 15 is 0 Å². The first-order valence-electron chi connectivity index (χ1n) is 9.47. The zero-order valence-electron chi connectivity index (χ0n) is 14.9. The Hall–Kier alpha value is 0.310. The van der Waals surface area contributed by atoms with Gasteiger partial charge in [0.1, 0.15) is 0 Å². The minimum Gasteiger partial charge on any atom is -0.400 e. The predicted molar refractivity (Wildman–Crippen MR) is 102 cm³/mol. The summed E-state index contributed by atoms with van der Waals surface area (Å²) in [5, 5.41) is 7.00. The Morgan fingerprint density at radius 2 is 0.714 bits per heavy atom. The van der Waals surface area contributed by atoms with Gasteiger partial charge in [-0.1, -0.05) is 103 Å². The van der Waals surface area contributed by atoms with Gasteiger partial charge < -0.3 is 5.11 Å². The topological polar surface area (TPSA) is 20.2 Å². The van der Waals surface area contributed by atoms with E-state index in [-0.39, 0.29) is 0 Å². The van der Waals surface area contributed by atoms with Gasteiger partial charge in [-0.2, -0.15) is 12.6 Å². The molecule has 1 N–H and O–H groups in total. The van der Waals surface area contributed by atoms with Crippen molar-refractivity contribution < 1.29 is 5.11 Å². The zero-order chi connectivity index (χ0) is 16.0. The summed E-state index contributed by atoms with van der Waals surface area (Å²) in [6.45, 7) is 2.29. The van der Waals surface area contributed by atoms with Crippen molar-refractivity contribution >= 4 is 12.6 Å². The summed E-state index contributed by atoms with van der Waals surface area (Å²) in [5.41, 5.74) is 0. The van der Waals surface area contributed by atoms with Gasteiger partial charge in [-0.15, -0.1) is 0 Å². The van der Waals surface area contributed by atoms with Crippen molar-refractivity contribution in [3.63, 3.8) is 0 Å². The van der Waals surface area contributed by atoms with Crippen molar-refractivity contribution in [2.75, 3.05) is 12.9 Å². The number of hydrogen-bond acceptors (Lipinski definition) is 2. The van der Waals surface area contributed by atoms with Crippen LogP contribution in [-0.2, 0) is 0 Å². The number of thiol groups is 1. The van der Waals surface area contributed by atoms with Crippen LogP contribution in [0.25, 0.3) is 0 Å². The molecule has 0 fully saturated rings. The third-order valence-electron chi connectivity index (χ3n) is 4.01. The molecule has 0 bridgehead atoms. The van der Waals surface area contributed by atoms with Crippen LogP contribution in [0.3, 0.4) is 0 Å². The lowest BCUT2D eigenvalue weighted by atomic mass is 10.0. The van der Waals surface area contributed by atoms with Crippen LogP contribution in [0.5, 0.6) is 0 Å². The van der Waals surface area contributed by atoms with Crippen LogP contribution in [0, 0.1) is 0 Å². The molecule has 0 radical (unpaired) electrons. The molecule has 0 aliphatic carbocycles. The van der Waals surface area contributed by atoms with E-state index in [1.165, 1.54) is 103 Å². The molecular formula is C19H42OS. The van der Waals surface area contributed by atoms with Crippen molar-refractivity contribution in [3.05, 3.63) is 0 Å². The van der Waals surface area contributed by atoms with E-state index in [1.54, 1.807) is 0 Å². The first-order chi connectivity index (χ1) is 10.4. The van der Waals surface area contributed by atoms with Gasteiger partial charge in [0.25, 0.3) is 0 Å². The van der Waals surface area contributed by atoms with Crippen molar-refractivity contribution in [2.24, 2.45) is 0 Å². The summed E-state index contributed by atoms with van der Waals surface area (Å²) in [6.07, 6.45) is 23.1. The molecule has 0 aromatic rings. The Labute approximate surface area is 140 Å². The summed E-state index contributed by atoms with van der Waals surface area (Å²) in [5.74, 6) is 1.07. The average molecular weight is 319 g/mol. The number of unbranched alkanes of at least 4 members (excludes halogenated alkanes) is 15. The van der Waals surface area contributed by atoms with Crippen molar-refractivity contribution in [1.29, 1.82) is 0 Å². The molecule has 1 nitrogen and oxygen atoms in total. The van der Waals surface area contributed by atoms with Crippen molar-refractivity contribution in [2.45, 2.75) is 110 Å². The molecule has 0 amide bonds. The second kappa shape index (κ2) is 25.3. The second-order valence-corrected chi connectivity index (χ2v) is 6.47. The normalized spacial score (nSPS) is 10.3. The van der Waals surface area contributed by atoms with E-state index in [0.29, 0.717) is 0 Å². The lowest BCUT2D eigenvalue weighted by Gasteiger charge is -2.03. The van der Waals surface area contributed by atoms with Crippen LogP contribution in [-0.4, -0.2) is 18.0 Å². The Kier molecular flexibility index (Phi) is 28.4. The van der Waals surface area contributed by atoms with Gasteiger partial charge in [0, 0.05) is 7.11 Å². The molecule has 0 aliphatic heterocycles. The van der Waals surface area contributed by atoms with Crippen LogP contribution >= 0.6 is 12.6 Å². The van der Waals surface area contributed by atoms with Crippen LogP contribution in [0.2, 0.25) is 0 Å². The fourth-order valence-corrected chi connectivity index (χ4v) is 2.88. The monoisotopic (exact) mass is 318 g/mol. The van der Waals surface area contributed by atoms with Gasteiger partial charge in [-0.05, 0) is 12.2 Å². The maximum atomic E-state index is 7.00. The zero-order valence-corrected chi connectivity index (χ0v) is 15.8. The number of aliphatic hydroxyl groups is 1. The molecule has 2 heteroatoms. The first kappa shape index (κ1) is 23.6. The molecular weight excluding hydrogens is 276 g/mol. The molecule has 0 heterocycles. The standard InChI is InChI=1S/C18H38S.CH4O/c1-2-3-4-5-6-7-8-9-10-11-12-13-14-15-16-17-18-19;1-2/h19H,2-18H2,1H3;2H,1H3. The Morgan fingerprint density at radius 3 is 0.952 bits per heavy atom. The smallest absolute Gasteiger partial charge is 0.0319 e. The van der Waals surface area contributed by atoms with Gasteiger partial charge in [-0.25, -0.2) is 0 Å². The number of aliphatic hydroxyl groups excluding tert-OH is 1. The lowest BCUT2D eigenvalue weighted by molar-refractivity contribution is 0.399. The van der Waals surface area contributed by atoms with Crippen LogP contribution in [0.1, 0.15) is 110 Å². The molecule has 0 aromatic carbocycles. The summed E-state index contributed by atoms with van der Waals surface area (Å²) in [4.78, 5) is 0. The van der Waals surface area contributed by atoms with Gasteiger partial charge in [-0.3, -0.25) is 0 Å².